The number of rotatable bonds is 4. The molecule has 1 heterocycles. The van der Waals surface area contributed by atoms with Crippen LogP contribution in [-0.4, -0.2) is 15.0 Å². The van der Waals surface area contributed by atoms with E-state index in [9.17, 15) is 0 Å². The summed E-state index contributed by atoms with van der Waals surface area (Å²) < 4.78 is 0. The number of benzene rings is 6. The molecule has 6 aromatic carbocycles. The van der Waals surface area contributed by atoms with Gasteiger partial charge in [-0.15, -0.1) is 0 Å². The van der Waals surface area contributed by atoms with Gasteiger partial charge in [-0.1, -0.05) is 141 Å². The van der Waals surface area contributed by atoms with E-state index in [4.69, 9.17) is 15.0 Å². The standard InChI is InChI=1S/C43H31N3/c1-43(2)38-19-10-9-16-34(38)35-23-22-31(26-39(35)43)42-45-40(28-14-7-4-8-15-28)44-41(46-42)30-21-20-29-24-37-32(27-12-5-3-6-13-27)17-11-18-33(37)36(29)25-30/h3-23,25-26H,24H2,1-2H3. The van der Waals surface area contributed by atoms with Crippen LogP contribution in [0.25, 0.3) is 67.5 Å². The smallest absolute Gasteiger partial charge is 0.164 e. The van der Waals surface area contributed by atoms with Crippen molar-refractivity contribution in [2.45, 2.75) is 25.7 Å². The van der Waals surface area contributed by atoms with Gasteiger partial charge in [0.1, 0.15) is 0 Å². The molecule has 0 N–H and O–H groups in total. The van der Waals surface area contributed by atoms with E-state index in [1.165, 1.54) is 55.6 Å². The van der Waals surface area contributed by atoms with Crippen LogP contribution in [0.3, 0.4) is 0 Å². The molecule has 1 aromatic heterocycles. The van der Waals surface area contributed by atoms with Crippen molar-refractivity contribution in [3.63, 3.8) is 0 Å². The largest absolute Gasteiger partial charge is 0.208 e. The van der Waals surface area contributed by atoms with Crippen LogP contribution in [-0.2, 0) is 11.8 Å². The van der Waals surface area contributed by atoms with Crippen LogP contribution < -0.4 is 0 Å². The SMILES string of the molecule is CC1(C)c2ccccc2-c2ccc(-c3nc(-c4ccccc4)nc(-c4ccc5c(c4)-c4cccc(-c6ccccc6)c4C5)n3)cc21. The Hall–Kier alpha value is -5.67. The van der Waals surface area contributed by atoms with Gasteiger partial charge in [-0.2, -0.15) is 0 Å². The lowest BCUT2D eigenvalue weighted by Crippen LogP contribution is -2.15. The van der Waals surface area contributed by atoms with Gasteiger partial charge < -0.3 is 0 Å². The molecule has 218 valence electrons. The Balaban J connectivity index is 1.18. The topological polar surface area (TPSA) is 38.7 Å². The number of nitrogens with zero attached hydrogens (tertiary/aromatic N) is 3. The number of hydrogen-bond donors (Lipinski definition) is 0. The average Bonchev–Trinajstić information content (AvgIpc) is 3.60. The summed E-state index contributed by atoms with van der Waals surface area (Å²) in [6.07, 6.45) is 0.918. The zero-order valence-electron chi connectivity index (χ0n) is 25.8. The highest BCUT2D eigenvalue weighted by atomic mass is 15.0. The Morgan fingerprint density at radius 2 is 0.978 bits per heavy atom. The first kappa shape index (κ1) is 26.7. The summed E-state index contributed by atoms with van der Waals surface area (Å²) in [6, 6.07) is 49.7. The molecule has 46 heavy (non-hydrogen) atoms. The van der Waals surface area contributed by atoms with E-state index < -0.39 is 0 Å². The first-order valence-corrected chi connectivity index (χ1v) is 15.9. The summed E-state index contributed by atoms with van der Waals surface area (Å²) in [6.45, 7) is 4.61. The molecule has 0 radical (unpaired) electrons. The van der Waals surface area contributed by atoms with Crippen molar-refractivity contribution in [1.29, 1.82) is 0 Å². The first-order chi connectivity index (χ1) is 22.5. The van der Waals surface area contributed by atoms with Crippen LogP contribution in [0, 0.1) is 0 Å². The summed E-state index contributed by atoms with van der Waals surface area (Å²) in [5.74, 6) is 2.05. The van der Waals surface area contributed by atoms with E-state index in [1.54, 1.807) is 0 Å². The first-order valence-electron chi connectivity index (χ1n) is 15.9. The molecule has 0 unspecified atom stereocenters. The minimum Gasteiger partial charge on any atom is -0.208 e. The Kier molecular flexibility index (Phi) is 5.91. The zero-order chi connectivity index (χ0) is 30.8. The van der Waals surface area contributed by atoms with Gasteiger partial charge in [0, 0.05) is 22.1 Å². The van der Waals surface area contributed by atoms with Crippen LogP contribution in [0.4, 0.5) is 0 Å². The molecule has 3 nitrogen and oxygen atoms in total. The maximum absolute atomic E-state index is 5.15. The Bertz CT molecular complexity index is 2300. The Morgan fingerprint density at radius 3 is 1.74 bits per heavy atom. The summed E-state index contributed by atoms with van der Waals surface area (Å²) in [5, 5.41) is 0. The molecule has 0 saturated carbocycles. The lowest BCUT2D eigenvalue weighted by atomic mass is 9.82. The molecule has 7 aromatic rings. The number of aromatic nitrogens is 3. The molecule has 0 spiro atoms. The second-order valence-electron chi connectivity index (χ2n) is 12.8. The fourth-order valence-electron chi connectivity index (χ4n) is 7.42. The van der Waals surface area contributed by atoms with E-state index >= 15 is 0 Å². The molecule has 2 aliphatic carbocycles. The average molecular weight is 590 g/mol. The quantitative estimate of drug-likeness (QED) is 0.205. The summed E-state index contributed by atoms with van der Waals surface area (Å²) >= 11 is 0. The van der Waals surface area contributed by atoms with Gasteiger partial charge in [-0.3, -0.25) is 0 Å². The Labute approximate surface area is 269 Å². The third-order valence-corrected chi connectivity index (χ3v) is 9.80. The van der Waals surface area contributed by atoms with Gasteiger partial charge in [-0.25, -0.2) is 15.0 Å². The van der Waals surface area contributed by atoms with Crippen molar-refractivity contribution in [3.05, 3.63) is 162 Å². The van der Waals surface area contributed by atoms with Crippen molar-refractivity contribution in [2.75, 3.05) is 0 Å². The highest BCUT2D eigenvalue weighted by molar-refractivity contribution is 5.87. The second-order valence-corrected chi connectivity index (χ2v) is 12.8. The second kappa shape index (κ2) is 10.2. The Morgan fingerprint density at radius 1 is 0.413 bits per heavy atom. The molecule has 0 aliphatic heterocycles. The fraction of sp³-hybridized carbons (Fsp3) is 0.0930. The van der Waals surface area contributed by atoms with Gasteiger partial charge in [0.2, 0.25) is 0 Å². The van der Waals surface area contributed by atoms with Crippen molar-refractivity contribution in [3.8, 4) is 67.5 Å². The summed E-state index contributed by atoms with van der Waals surface area (Å²) in [4.78, 5) is 15.3. The zero-order valence-corrected chi connectivity index (χ0v) is 25.8. The molecule has 0 amide bonds. The molecule has 0 bridgehead atoms. The number of hydrogen-bond acceptors (Lipinski definition) is 3. The monoisotopic (exact) mass is 589 g/mol. The van der Waals surface area contributed by atoms with Gasteiger partial charge in [-0.05, 0) is 74.2 Å². The van der Waals surface area contributed by atoms with Gasteiger partial charge in [0.25, 0.3) is 0 Å². The van der Waals surface area contributed by atoms with E-state index in [0.29, 0.717) is 17.5 Å². The molecule has 3 heteroatoms. The molecule has 0 saturated heterocycles. The fourth-order valence-corrected chi connectivity index (χ4v) is 7.42. The van der Waals surface area contributed by atoms with Crippen molar-refractivity contribution in [2.24, 2.45) is 0 Å². The lowest BCUT2D eigenvalue weighted by molar-refractivity contribution is 0.660. The maximum atomic E-state index is 5.15. The van der Waals surface area contributed by atoms with Crippen LogP contribution in [0.15, 0.2) is 140 Å². The molecular formula is C43H31N3. The minimum absolute atomic E-state index is 0.105. The van der Waals surface area contributed by atoms with Crippen LogP contribution in [0.1, 0.15) is 36.1 Å². The molecular weight excluding hydrogens is 558 g/mol. The van der Waals surface area contributed by atoms with Gasteiger partial charge in [0.05, 0.1) is 0 Å². The van der Waals surface area contributed by atoms with Crippen molar-refractivity contribution >= 4 is 0 Å². The third kappa shape index (κ3) is 4.16. The maximum Gasteiger partial charge on any atom is 0.164 e. The molecule has 0 fully saturated rings. The summed E-state index contributed by atoms with van der Waals surface area (Å²) in [5.41, 5.74) is 15.9. The minimum atomic E-state index is -0.105. The highest BCUT2D eigenvalue weighted by Gasteiger charge is 2.35. The predicted octanol–water partition coefficient (Wildman–Crippen LogP) is 10.4. The lowest BCUT2D eigenvalue weighted by Gasteiger charge is -2.21. The normalized spacial score (nSPS) is 13.5. The van der Waals surface area contributed by atoms with Gasteiger partial charge in [0.15, 0.2) is 17.5 Å². The molecule has 2 aliphatic rings. The van der Waals surface area contributed by atoms with Gasteiger partial charge >= 0.3 is 0 Å². The predicted molar refractivity (Wildman–Crippen MR) is 187 cm³/mol. The van der Waals surface area contributed by atoms with Crippen molar-refractivity contribution < 1.29 is 0 Å². The summed E-state index contributed by atoms with van der Waals surface area (Å²) in [7, 11) is 0. The van der Waals surface area contributed by atoms with Crippen LogP contribution >= 0.6 is 0 Å². The van der Waals surface area contributed by atoms with E-state index in [1.807, 2.05) is 18.2 Å². The van der Waals surface area contributed by atoms with Crippen LogP contribution in [0.5, 0.6) is 0 Å². The third-order valence-electron chi connectivity index (χ3n) is 9.80. The molecule has 9 rings (SSSR count). The highest BCUT2D eigenvalue weighted by Crippen LogP contribution is 2.49. The van der Waals surface area contributed by atoms with Crippen molar-refractivity contribution in [1.82, 2.24) is 15.0 Å². The van der Waals surface area contributed by atoms with E-state index in [2.05, 4.69) is 135 Å². The number of fused-ring (bicyclic) bond motifs is 6. The molecule has 0 atom stereocenters. The van der Waals surface area contributed by atoms with E-state index in [0.717, 1.165) is 23.1 Å². The van der Waals surface area contributed by atoms with Crippen LogP contribution in [0.2, 0.25) is 0 Å². The van der Waals surface area contributed by atoms with E-state index in [-0.39, 0.29) is 5.41 Å².